The van der Waals surface area contributed by atoms with E-state index in [1.165, 1.54) is 48.2 Å². The summed E-state index contributed by atoms with van der Waals surface area (Å²) in [6.07, 6.45) is 9.92. The van der Waals surface area contributed by atoms with Gasteiger partial charge in [-0.25, -0.2) is 4.98 Å². The standard InChI is InChI=1S/C31H44N4OS/c1-3-15-34-19-27-29(37-22(2)33-27)31(21-34)20-32-18-26(31)30(36)35-16-14-25(23-10-6-4-7-11-23)17-28(35)24-12-8-5-9-13-24/h4,6-7,10-11,24-26,28,32H,3,5,8-9,12-21H2,1-2H3/t25-,26+,28+,31-/m1/s1. The molecule has 2 saturated heterocycles. The summed E-state index contributed by atoms with van der Waals surface area (Å²) in [6.45, 7) is 9.98. The first-order valence-electron chi connectivity index (χ1n) is 14.8. The monoisotopic (exact) mass is 520 g/mol. The maximum atomic E-state index is 14.7. The Morgan fingerprint density at radius 2 is 1.97 bits per heavy atom. The third-order valence-electron chi connectivity index (χ3n) is 9.82. The van der Waals surface area contributed by atoms with Gasteiger partial charge < -0.3 is 10.2 Å². The fourth-order valence-corrected chi connectivity index (χ4v) is 9.29. The molecule has 0 bridgehead atoms. The van der Waals surface area contributed by atoms with Crippen LogP contribution in [0.2, 0.25) is 0 Å². The maximum absolute atomic E-state index is 14.7. The quantitative estimate of drug-likeness (QED) is 0.566. The highest BCUT2D eigenvalue weighted by atomic mass is 32.1. The van der Waals surface area contributed by atoms with Crippen LogP contribution in [0.5, 0.6) is 0 Å². The number of benzene rings is 1. The number of aryl methyl sites for hydroxylation is 1. The van der Waals surface area contributed by atoms with Crippen LogP contribution in [0, 0.1) is 18.8 Å². The van der Waals surface area contributed by atoms with Crippen molar-refractivity contribution >= 4 is 17.2 Å². The van der Waals surface area contributed by atoms with Crippen LogP contribution in [0.25, 0.3) is 0 Å². The van der Waals surface area contributed by atoms with Gasteiger partial charge in [0.1, 0.15) is 0 Å². The van der Waals surface area contributed by atoms with Crippen molar-refractivity contribution in [3.8, 4) is 0 Å². The molecule has 1 amide bonds. The van der Waals surface area contributed by atoms with Crippen LogP contribution in [0.3, 0.4) is 0 Å². The van der Waals surface area contributed by atoms with E-state index in [0.717, 1.165) is 63.5 Å². The average Bonchev–Trinajstić information content (AvgIpc) is 3.52. The Hall–Kier alpha value is -1.76. The first kappa shape index (κ1) is 25.5. The molecule has 3 fully saturated rings. The zero-order valence-electron chi connectivity index (χ0n) is 22.8. The topological polar surface area (TPSA) is 48.5 Å². The van der Waals surface area contributed by atoms with Crippen LogP contribution in [0.4, 0.5) is 0 Å². The van der Waals surface area contributed by atoms with Gasteiger partial charge in [0.25, 0.3) is 0 Å². The van der Waals surface area contributed by atoms with E-state index in [4.69, 9.17) is 4.98 Å². The van der Waals surface area contributed by atoms with Crippen LogP contribution >= 0.6 is 11.3 Å². The largest absolute Gasteiger partial charge is 0.339 e. The molecule has 1 aliphatic carbocycles. The maximum Gasteiger partial charge on any atom is 0.228 e. The minimum atomic E-state index is -0.140. The number of hydrogen-bond acceptors (Lipinski definition) is 5. The van der Waals surface area contributed by atoms with E-state index in [-0.39, 0.29) is 11.3 Å². The first-order chi connectivity index (χ1) is 18.1. The third-order valence-corrected chi connectivity index (χ3v) is 11.1. The van der Waals surface area contributed by atoms with E-state index in [0.29, 0.717) is 23.8 Å². The Morgan fingerprint density at radius 1 is 1.16 bits per heavy atom. The summed E-state index contributed by atoms with van der Waals surface area (Å²) in [5.41, 5.74) is 2.55. The minimum Gasteiger partial charge on any atom is -0.339 e. The normalized spacial score (nSPS) is 31.1. The lowest BCUT2D eigenvalue weighted by molar-refractivity contribution is -0.143. The van der Waals surface area contributed by atoms with Gasteiger partial charge in [-0.1, -0.05) is 56.5 Å². The summed E-state index contributed by atoms with van der Waals surface area (Å²) in [4.78, 5) is 26.0. The van der Waals surface area contributed by atoms with Crippen molar-refractivity contribution in [3.63, 3.8) is 0 Å². The number of amides is 1. The van der Waals surface area contributed by atoms with Gasteiger partial charge in [0.15, 0.2) is 0 Å². The van der Waals surface area contributed by atoms with Gasteiger partial charge >= 0.3 is 0 Å². The predicted octanol–water partition coefficient (Wildman–Crippen LogP) is 5.49. The molecule has 1 aromatic carbocycles. The molecule has 3 aliphatic heterocycles. The van der Waals surface area contributed by atoms with Crippen molar-refractivity contribution in [1.82, 2.24) is 20.1 Å². The SMILES string of the molecule is CCCN1Cc2nc(C)sc2[C@]2(CNC[C@H]2C(=O)N2CC[C@@H](c3ccccc3)C[C@H]2C2CCCCC2)C1. The van der Waals surface area contributed by atoms with Gasteiger partial charge in [-0.3, -0.25) is 9.69 Å². The fourth-order valence-electron chi connectivity index (χ4n) is 8.13. The second-order valence-electron chi connectivity index (χ2n) is 12.2. The molecule has 200 valence electrons. The van der Waals surface area contributed by atoms with Crippen LogP contribution in [0.15, 0.2) is 30.3 Å². The number of likely N-dealkylation sites (tertiary alicyclic amines) is 1. The van der Waals surface area contributed by atoms with Crippen LogP contribution in [-0.2, 0) is 16.8 Å². The summed E-state index contributed by atoms with van der Waals surface area (Å²) >= 11 is 1.85. The van der Waals surface area contributed by atoms with Crippen molar-refractivity contribution in [2.24, 2.45) is 11.8 Å². The van der Waals surface area contributed by atoms with Crippen molar-refractivity contribution in [2.75, 3.05) is 32.7 Å². The molecule has 4 aliphatic rings. The van der Waals surface area contributed by atoms with Gasteiger partial charge in [0, 0.05) is 49.1 Å². The number of nitrogens with one attached hydrogen (secondary N) is 1. The van der Waals surface area contributed by atoms with Crippen LogP contribution < -0.4 is 5.32 Å². The van der Waals surface area contributed by atoms with Crippen molar-refractivity contribution < 1.29 is 4.79 Å². The highest BCUT2D eigenvalue weighted by Crippen LogP contribution is 2.47. The van der Waals surface area contributed by atoms with Gasteiger partial charge in [0.05, 0.1) is 16.6 Å². The Bertz CT molecular complexity index is 1080. The van der Waals surface area contributed by atoms with Crippen LogP contribution in [-0.4, -0.2) is 59.5 Å². The molecule has 6 rings (SSSR count). The average molecular weight is 521 g/mol. The van der Waals surface area contributed by atoms with E-state index >= 15 is 0 Å². The molecule has 1 spiro atoms. The zero-order chi connectivity index (χ0) is 25.4. The number of carbonyl (C=O) groups excluding carboxylic acids is 1. The second-order valence-corrected chi connectivity index (χ2v) is 13.4. The fraction of sp³-hybridized carbons (Fsp3) is 0.677. The van der Waals surface area contributed by atoms with E-state index < -0.39 is 0 Å². The molecular formula is C31H44N4OS. The number of thiazole rings is 1. The smallest absolute Gasteiger partial charge is 0.228 e. The number of nitrogens with zero attached hydrogens (tertiary/aromatic N) is 3. The van der Waals surface area contributed by atoms with E-state index in [1.807, 2.05) is 11.3 Å². The number of rotatable bonds is 5. The second kappa shape index (κ2) is 10.8. The Labute approximate surface area is 227 Å². The highest BCUT2D eigenvalue weighted by molar-refractivity contribution is 7.11. The molecule has 2 aromatic rings. The first-order valence-corrected chi connectivity index (χ1v) is 15.7. The predicted molar refractivity (Wildman–Crippen MR) is 151 cm³/mol. The van der Waals surface area contributed by atoms with Crippen molar-refractivity contribution in [2.45, 2.75) is 89.1 Å². The number of hydrogen-bond donors (Lipinski definition) is 1. The molecule has 5 nitrogen and oxygen atoms in total. The zero-order valence-corrected chi connectivity index (χ0v) is 23.6. The molecule has 1 N–H and O–H groups in total. The summed E-state index contributed by atoms with van der Waals surface area (Å²) in [5.74, 6) is 1.64. The van der Waals surface area contributed by atoms with E-state index in [1.54, 1.807) is 0 Å². The molecule has 4 heterocycles. The van der Waals surface area contributed by atoms with Gasteiger partial charge in [0.2, 0.25) is 5.91 Å². The van der Waals surface area contributed by atoms with Crippen molar-refractivity contribution in [3.05, 3.63) is 51.5 Å². The van der Waals surface area contributed by atoms with Gasteiger partial charge in [-0.15, -0.1) is 11.3 Å². The molecular weight excluding hydrogens is 476 g/mol. The number of carbonyl (C=O) groups is 1. The lowest BCUT2D eigenvalue weighted by Gasteiger charge is -2.48. The van der Waals surface area contributed by atoms with Gasteiger partial charge in [-0.2, -0.15) is 0 Å². The summed E-state index contributed by atoms with van der Waals surface area (Å²) < 4.78 is 0. The van der Waals surface area contributed by atoms with Gasteiger partial charge in [-0.05, 0) is 63.0 Å². The highest BCUT2D eigenvalue weighted by Gasteiger charge is 2.55. The van der Waals surface area contributed by atoms with E-state index in [2.05, 4.69) is 59.3 Å². The molecule has 1 saturated carbocycles. The third kappa shape index (κ3) is 4.79. The molecule has 6 heteroatoms. The number of fused-ring (bicyclic) bond motifs is 2. The summed E-state index contributed by atoms with van der Waals surface area (Å²) in [6, 6.07) is 11.4. The van der Waals surface area contributed by atoms with Crippen molar-refractivity contribution in [1.29, 1.82) is 0 Å². The number of aromatic nitrogens is 1. The van der Waals surface area contributed by atoms with E-state index in [9.17, 15) is 4.79 Å². The lowest BCUT2D eigenvalue weighted by atomic mass is 9.71. The molecule has 0 radical (unpaired) electrons. The molecule has 4 atom stereocenters. The molecule has 1 aromatic heterocycles. The minimum absolute atomic E-state index is 0.00474. The lowest BCUT2D eigenvalue weighted by Crippen LogP contribution is -2.57. The van der Waals surface area contributed by atoms with Crippen LogP contribution in [0.1, 0.15) is 85.4 Å². The molecule has 0 unspecified atom stereocenters. The number of piperidine rings is 1. The Kier molecular flexibility index (Phi) is 7.43. The summed E-state index contributed by atoms with van der Waals surface area (Å²) in [7, 11) is 0. The summed E-state index contributed by atoms with van der Waals surface area (Å²) in [5, 5.41) is 4.84. The molecule has 37 heavy (non-hydrogen) atoms. The Morgan fingerprint density at radius 3 is 2.76 bits per heavy atom. The Balaban J connectivity index is 1.31.